The average Bonchev–Trinajstić information content (AvgIpc) is 3.46. The Morgan fingerprint density at radius 1 is 1.05 bits per heavy atom. The molecule has 42 heavy (non-hydrogen) atoms. The van der Waals surface area contributed by atoms with Crippen LogP contribution in [-0.4, -0.2) is 36.8 Å². The van der Waals surface area contributed by atoms with Crippen LogP contribution in [0.4, 0.5) is 10.5 Å². The second-order valence-corrected chi connectivity index (χ2v) is 10.5. The summed E-state index contributed by atoms with van der Waals surface area (Å²) in [5.74, 6) is 1.73. The number of carbonyl (C=O) groups is 3. The number of fused-ring (bicyclic) bond motifs is 1. The fourth-order valence-corrected chi connectivity index (χ4v) is 5.10. The standard InChI is InChI=1S/C31H25N5O5S/c1-36-26-16-24(41-23-10-6-21(7-11-23)33-29(37)20-3-2-14-32-17-20)12-13-25(26)34-28(36)18-40-22-8-4-19(5-9-22)15-27-30(38)35-31(39)42-27/h2-14,16-17,27H,15,18H2,1H3,(H,33,37)(H,35,38,39)/i27D. The van der Waals surface area contributed by atoms with Crippen LogP contribution >= 0.6 is 11.8 Å². The molecule has 3 aromatic carbocycles. The number of nitrogens with zero attached hydrogens (tertiary/aromatic N) is 3. The molecule has 0 saturated carbocycles. The summed E-state index contributed by atoms with van der Waals surface area (Å²) in [6.07, 6.45) is 3.23. The third-order valence-electron chi connectivity index (χ3n) is 6.56. The predicted octanol–water partition coefficient (Wildman–Crippen LogP) is 5.49. The molecule has 11 heteroatoms. The van der Waals surface area contributed by atoms with Gasteiger partial charge in [0.05, 0.1) is 23.2 Å². The van der Waals surface area contributed by atoms with Gasteiger partial charge in [-0.3, -0.25) is 24.7 Å². The van der Waals surface area contributed by atoms with E-state index >= 15 is 0 Å². The number of benzene rings is 3. The molecule has 1 aliphatic heterocycles. The number of aryl methyl sites for hydroxylation is 1. The molecule has 3 heterocycles. The van der Waals surface area contributed by atoms with Crippen molar-refractivity contribution >= 4 is 45.5 Å². The van der Waals surface area contributed by atoms with Crippen molar-refractivity contribution in [1.82, 2.24) is 19.9 Å². The highest BCUT2D eigenvalue weighted by molar-refractivity contribution is 8.15. The minimum absolute atomic E-state index is 0.109. The van der Waals surface area contributed by atoms with Crippen molar-refractivity contribution < 1.29 is 25.2 Å². The van der Waals surface area contributed by atoms with Crippen LogP contribution in [0.2, 0.25) is 0 Å². The number of ether oxygens (including phenoxy) is 2. The van der Waals surface area contributed by atoms with Crippen LogP contribution in [0.15, 0.2) is 91.3 Å². The van der Waals surface area contributed by atoms with Gasteiger partial charge in [0, 0.05) is 31.2 Å². The summed E-state index contributed by atoms with van der Waals surface area (Å²) in [6, 6.07) is 23.2. The minimum Gasteiger partial charge on any atom is -0.486 e. The highest BCUT2D eigenvalue weighted by Gasteiger charge is 2.31. The van der Waals surface area contributed by atoms with E-state index in [1.54, 1.807) is 66.9 Å². The molecule has 0 bridgehead atoms. The molecule has 1 saturated heterocycles. The van der Waals surface area contributed by atoms with Gasteiger partial charge in [0.2, 0.25) is 5.91 Å². The molecule has 6 rings (SSSR count). The van der Waals surface area contributed by atoms with Crippen LogP contribution < -0.4 is 20.1 Å². The molecule has 0 radical (unpaired) electrons. The summed E-state index contributed by atoms with van der Waals surface area (Å²) in [4.78, 5) is 44.4. The topological polar surface area (TPSA) is 124 Å². The number of hydrogen-bond acceptors (Lipinski definition) is 8. The maximum atomic E-state index is 12.3. The zero-order valence-electron chi connectivity index (χ0n) is 23.4. The van der Waals surface area contributed by atoms with Gasteiger partial charge in [-0.15, -0.1) is 0 Å². The van der Waals surface area contributed by atoms with E-state index in [0.29, 0.717) is 46.1 Å². The third-order valence-corrected chi connectivity index (χ3v) is 7.42. The summed E-state index contributed by atoms with van der Waals surface area (Å²) in [5.41, 5.74) is 3.52. The van der Waals surface area contributed by atoms with Gasteiger partial charge in [-0.25, -0.2) is 4.98 Å². The highest BCUT2D eigenvalue weighted by Crippen LogP contribution is 2.28. The van der Waals surface area contributed by atoms with Crippen molar-refractivity contribution in [2.75, 3.05) is 5.32 Å². The van der Waals surface area contributed by atoms with E-state index in [1.807, 2.05) is 29.8 Å². The number of carbonyl (C=O) groups excluding carboxylic acids is 3. The molecule has 1 atom stereocenters. The summed E-state index contributed by atoms with van der Waals surface area (Å²) < 4.78 is 22.2. The van der Waals surface area contributed by atoms with Crippen LogP contribution in [0.1, 0.15) is 23.1 Å². The number of amides is 3. The molecule has 1 aliphatic rings. The van der Waals surface area contributed by atoms with Gasteiger partial charge in [0.1, 0.15) is 29.7 Å². The SMILES string of the molecule is [2H]C1(Cc2ccc(OCc3nc4ccc(Oc5ccc(NC(=O)c6cccnc6)cc5)cc4n3C)cc2)SC(=O)NC1=O. The van der Waals surface area contributed by atoms with Crippen molar-refractivity contribution in [3.63, 3.8) is 0 Å². The number of pyridine rings is 1. The Bertz CT molecular complexity index is 1830. The molecule has 5 aromatic rings. The average molecular weight is 581 g/mol. The first-order valence-corrected chi connectivity index (χ1v) is 13.8. The Labute approximate surface area is 246 Å². The van der Waals surface area contributed by atoms with Crippen LogP contribution in [0.25, 0.3) is 11.0 Å². The lowest BCUT2D eigenvalue weighted by Gasteiger charge is -2.09. The van der Waals surface area contributed by atoms with Crippen molar-refractivity contribution in [3.8, 4) is 17.2 Å². The van der Waals surface area contributed by atoms with E-state index in [-0.39, 0.29) is 18.9 Å². The third kappa shape index (κ3) is 6.11. The van der Waals surface area contributed by atoms with Crippen LogP contribution in [0.3, 0.4) is 0 Å². The largest absolute Gasteiger partial charge is 0.486 e. The number of aromatic nitrogens is 3. The van der Waals surface area contributed by atoms with Crippen molar-refractivity contribution in [2.24, 2.45) is 7.05 Å². The molecule has 10 nitrogen and oxygen atoms in total. The van der Waals surface area contributed by atoms with Crippen LogP contribution in [-0.2, 0) is 24.9 Å². The molecule has 0 spiro atoms. The molecule has 2 N–H and O–H groups in total. The van der Waals surface area contributed by atoms with Gasteiger partial charge < -0.3 is 19.4 Å². The molecule has 0 aliphatic carbocycles. The van der Waals surface area contributed by atoms with Crippen LogP contribution in [0.5, 0.6) is 17.2 Å². The summed E-state index contributed by atoms with van der Waals surface area (Å²) >= 11 is 0.689. The van der Waals surface area contributed by atoms with Gasteiger partial charge in [-0.2, -0.15) is 0 Å². The van der Waals surface area contributed by atoms with Gasteiger partial charge in [0.25, 0.3) is 11.1 Å². The van der Waals surface area contributed by atoms with E-state index in [1.165, 1.54) is 6.20 Å². The Morgan fingerprint density at radius 3 is 2.52 bits per heavy atom. The molecule has 210 valence electrons. The Kier molecular flexibility index (Phi) is 7.22. The molecular weight excluding hydrogens is 554 g/mol. The lowest BCUT2D eigenvalue weighted by atomic mass is 10.1. The first kappa shape index (κ1) is 25.8. The number of anilines is 1. The van der Waals surface area contributed by atoms with E-state index in [0.717, 1.165) is 16.6 Å². The summed E-state index contributed by atoms with van der Waals surface area (Å²) in [5, 5.41) is 2.94. The first-order chi connectivity index (χ1) is 20.8. The zero-order valence-corrected chi connectivity index (χ0v) is 23.2. The normalized spacial score (nSPS) is 16.6. The minimum atomic E-state index is -1.56. The van der Waals surface area contributed by atoms with E-state index in [9.17, 15) is 14.4 Å². The Morgan fingerprint density at radius 2 is 1.81 bits per heavy atom. The lowest BCUT2D eigenvalue weighted by molar-refractivity contribution is -0.118. The smallest absolute Gasteiger partial charge is 0.286 e. The first-order valence-electron chi connectivity index (χ1n) is 13.5. The van der Waals surface area contributed by atoms with Crippen molar-refractivity contribution in [3.05, 3.63) is 108 Å². The maximum absolute atomic E-state index is 12.3. The molecular formula is C31H25N5O5S. The highest BCUT2D eigenvalue weighted by atomic mass is 32.2. The Hall–Kier alpha value is -5.16. The number of imidazole rings is 1. The van der Waals surface area contributed by atoms with E-state index in [4.69, 9.17) is 10.8 Å². The zero-order chi connectivity index (χ0) is 30.0. The maximum Gasteiger partial charge on any atom is 0.286 e. The quantitative estimate of drug-likeness (QED) is 0.235. The van der Waals surface area contributed by atoms with Gasteiger partial charge in [0.15, 0.2) is 0 Å². The molecule has 1 fully saturated rings. The monoisotopic (exact) mass is 580 g/mol. The Balaban J connectivity index is 1.07. The number of imide groups is 1. The van der Waals surface area contributed by atoms with Gasteiger partial charge in [-0.1, -0.05) is 23.9 Å². The molecule has 2 aromatic heterocycles. The van der Waals surface area contributed by atoms with Gasteiger partial charge in [-0.05, 0) is 72.6 Å². The fraction of sp³-hybridized carbons (Fsp3) is 0.129. The van der Waals surface area contributed by atoms with Crippen molar-refractivity contribution in [2.45, 2.75) is 18.3 Å². The van der Waals surface area contributed by atoms with Gasteiger partial charge >= 0.3 is 0 Å². The van der Waals surface area contributed by atoms with E-state index < -0.39 is 16.4 Å². The molecule has 1 unspecified atom stereocenters. The lowest BCUT2D eigenvalue weighted by Crippen LogP contribution is -2.25. The number of hydrogen-bond donors (Lipinski definition) is 2. The summed E-state index contributed by atoms with van der Waals surface area (Å²) in [6.45, 7) is 0.224. The number of rotatable bonds is 9. The second-order valence-electron chi connectivity index (χ2n) is 9.44. The summed E-state index contributed by atoms with van der Waals surface area (Å²) in [7, 11) is 1.90. The second kappa shape index (κ2) is 11.8. The van der Waals surface area contributed by atoms with E-state index in [2.05, 4.69) is 20.6 Å². The van der Waals surface area contributed by atoms with Crippen molar-refractivity contribution in [1.29, 1.82) is 0 Å². The fourth-order valence-electron chi connectivity index (χ4n) is 4.35. The molecule has 3 amide bonds. The van der Waals surface area contributed by atoms with Crippen LogP contribution in [0, 0.1) is 0 Å². The number of nitrogens with one attached hydrogen (secondary N) is 2. The predicted molar refractivity (Wildman–Crippen MR) is 159 cm³/mol. The number of thioether (sulfide) groups is 1.